The van der Waals surface area contributed by atoms with Crippen LogP contribution in [0.2, 0.25) is 0 Å². The topological polar surface area (TPSA) is 14.2 Å². The Labute approximate surface area is 457 Å². The molecule has 0 atom stereocenters. The smallest absolute Gasteiger partial charge is 0.310 e. The van der Waals surface area contributed by atoms with Crippen molar-refractivity contribution in [2.45, 2.75) is 40.8 Å². The Bertz CT molecular complexity index is 4400. The van der Waals surface area contributed by atoms with E-state index in [4.69, 9.17) is 6.57 Å². The molecule has 0 N–H and O–H groups in total. The van der Waals surface area contributed by atoms with E-state index in [2.05, 4.69) is 212 Å². The number of hydrogen-bond acceptors (Lipinski definition) is 0. The van der Waals surface area contributed by atoms with Gasteiger partial charge in [-0.15, -0.1) is 0 Å². The summed E-state index contributed by atoms with van der Waals surface area (Å²) < 4.78 is 51.6. The first-order valence-corrected chi connectivity index (χ1v) is 26.6. The van der Waals surface area contributed by atoms with Crippen LogP contribution >= 0.6 is 0 Å². The summed E-state index contributed by atoms with van der Waals surface area (Å²) in [6.45, 7) is 19.1. The summed E-state index contributed by atoms with van der Waals surface area (Å²) in [5, 5.41) is 3.98. The first-order chi connectivity index (χ1) is 38.3. The van der Waals surface area contributed by atoms with Gasteiger partial charge in [-0.3, -0.25) is 0 Å². The summed E-state index contributed by atoms with van der Waals surface area (Å²) in [6, 6.07) is 75.9. The van der Waals surface area contributed by atoms with E-state index in [0.717, 1.165) is 99.2 Å². The van der Waals surface area contributed by atoms with Crippen molar-refractivity contribution in [1.82, 2.24) is 9.13 Å². The molecule has 0 unspecified atom stereocenters. The van der Waals surface area contributed by atoms with Crippen molar-refractivity contribution in [3.8, 4) is 78.1 Å². The van der Waals surface area contributed by atoms with E-state index in [1.165, 1.54) is 23.3 Å². The van der Waals surface area contributed by atoms with Crippen molar-refractivity contribution in [2.75, 3.05) is 0 Å². The number of nitrogens with zero attached hydrogens (tertiary/aromatic N) is 3. The van der Waals surface area contributed by atoms with Gasteiger partial charge < -0.3 is 9.13 Å². The number of halogens is 3. The van der Waals surface area contributed by atoms with Gasteiger partial charge in [-0.1, -0.05) is 180 Å². The van der Waals surface area contributed by atoms with Gasteiger partial charge in [0, 0.05) is 38.4 Å². The zero-order valence-corrected chi connectivity index (χ0v) is 44.3. The second-order valence-corrected chi connectivity index (χ2v) is 21.0. The molecule has 13 aromatic rings. The minimum Gasteiger partial charge on any atom is -0.310 e. The Kier molecular flexibility index (Phi) is 11.8. The average Bonchev–Trinajstić information content (AvgIpc) is 4.17. The Hall–Kier alpha value is -9.70. The third-order valence-electron chi connectivity index (χ3n) is 15.8. The lowest BCUT2D eigenvalue weighted by Crippen LogP contribution is -2.10. The highest BCUT2D eigenvalue weighted by Gasteiger charge is 2.36. The number of alkyl halides is 3. The summed E-state index contributed by atoms with van der Waals surface area (Å²) in [5.74, 6) is 0. The van der Waals surface area contributed by atoms with Crippen molar-refractivity contribution in [3.05, 3.63) is 269 Å². The fourth-order valence-corrected chi connectivity index (χ4v) is 11.8. The average molecular weight is 1030 g/mol. The molecule has 2 heterocycles. The minimum absolute atomic E-state index is 0.0642. The highest BCUT2D eigenvalue weighted by molar-refractivity contribution is 6.15. The van der Waals surface area contributed by atoms with Crippen molar-refractivity contribution >= 4 is 49.3 Å². The molecule has 13 rings (SSSR count). The van der Waals surface area contributed by atoms with Gasteiger partial charge in [0.2, 0.25) is 0 Å². The van der Waals surface area contributed by atoms with Crippen LogP contribution < -0.4 is 0 Å². The van der Waals surface area contributed by atoms with Gasteiger partial charge >= 0.3 is 6.18 Å². The van der Waals surface area contributed by atoms with Gasteiger partial charge in [-0.05, 0) is 163 Å². The third-order valence-corrected chi connectivity index (χ3v) is 15.8. The standard InChI is InChI=1S/C73H52F3N3/c1-44-16-24-49(25-17-44)53-32-36-64-58(40-53)59-41-54(50-26-18-45(2)19-27-50)33-37-65(59)78(64)68-14-8-11-57(70-48(5)10-7-12-62(70)73(74,75)76)71(68)72-63(77-6)13-9-15-69(72)79-66-38-34-55(51-28-20-46(3)21-29-51)42-60(66)61-43-56(35-39-67(61)79)52-30-22-47(4)23-31-52/h7-43H,1-5H3. The molecular formula is C73H52F3N3. The summed E-state index contributed by atoms with van der Waals surface area (Å²) in [5.41, 5.74) is 19.5. The van der Waals surface area contributed by atoms with Gasteiger partial charge in [0.25, 0.3) is 0 Å². The maximum atomic E-state index is 15.7. The van der Waals surface area contributed by atoms with Crippen LogP contribution in [0, 0.1) is 41.2 Å². The first-order valence-electron chi connectivity index (χ1n) is 26.6. The van der Waals surface area contributed by atoms with Gasteiger partial charge in [0.1, 0.15) is 0 Å². The monoisotopic (exact) mass is 1030 g/mol. The zero-order valence-electron chi connectivity index (χ0n) is 44.3. The molecule has 0 saturated heterocycles. The molecule has 2 aromatic heterocycles. The Morgan fingerprint density at radius 1 is 0.342 bits per heavy atom. The Balaban J connectivity index is 1.16. The molecule has 0 bridgehead atoms. The van der Waals surface area contributed by atoms with Crippen molar-refractivity contribution < 1.29 is 13.2 Å². The van der Waals surface area contributed by atoms with Gasteiger partial charge in [0.15, 0.2) is 5.69 Å². The summed E-state index contributed by atoms with van der Waals surface area (Å²) in [6.07, 6.45) is -4.69. The van der Waals surface area contributed by atoms with E-state index in [-0.39, 0.29) is 5.56 Å². The normalized spacial score (nSPS) is 11.8. The number of benzene rings is 11. The molecule has 11 aromatic carbocycles. The molecule has 3 nitrogen and oxygen atoms in total. The second kappa shape index (κ2) is 19.1. The van der Waals surface area contributed by atoms with Crippen molar-refractivity contribution in [2.24, 2.45) is 0 Å². The van der Waals surface area contributed by atoms with E-state index in [1.54, 1.807) is 25.1 Å². The molecule has 0 aliphatic heterocycles. The Morgan fingerprint density at radius 2 is 0.671 bits per heavy atom. The molecule has 6 heteroatoms. The fraction of sp³-hybridized carbons (Fsp3) is 0.0822. The molecule has 0 fully saturated rings. The molecule has 0 saturated carbocycles. The Morgan fingerprint density at radius 3 is 1.03 bits per heavy atom. The van der Waals surface area contributed by atoms with E-state index in [0.29, 0.717) is 39.3 Å². The number of aryl methyl sites for hydroxylation is 5. The van der Waals surface area contributed by atoms with E-state index >= 15 is 13.2 Å². The molecular weight excluding hydrogens is 976 g/mol. The first kappa shape index (κ1) is 48.9. The van der Waals surface area contributed by atoms with Crippen LogP contribution in [-0.2, 0) is 6.18 Å². The molecule has 380 valence electrons. The predicted molar refractivity (Wildman–Crippen MR) is 323 cm³/mol. The van der Waals surface area contributed by atoms with Crippen LogP contribution in [0.15, 0.2) is 224 Å². The summed E-state index contributed by atoms with van der Waals surface area (Å²) >= 11 is 0. The summed E-state index contributed by atoms with van der Waals surface area (Å²) in [4.78, 5) is 4.28. The fourth-order valence-electron chi connectivity index (χ4n) is 11.8. The van der Waals surface area contributed by atoms with Crippen LogP contribution in [0.25, 0.3) is 127 Å². The van der Waals surface area contributed by atoms with Gasteiger partial charge in [0.05, 0.1) is 39.9 Å². The second-order valence-electron chi connectivity index (χ2n) is 21.0. The maximum Gasteiger partial charge on any atom is 0.417 e. The lowest BCUT2D eigenvalue weighted by molar-refractivity contribution is -0.137. The molecule has 0 aliphatic rings. The molecule has 0 spiro atoms. The highest BCUT2D eigenvalue weighted by atomic mass is 19.4. The molecule has 0 amide bonds. The maximum absolute atomic E-state index is 15.7. The van der Waals surface area contributed by atoms with E-state index in [9.17, 15) is 0 Å². The quantitative estimate of drug-likeness (QED) is 0.135. The number of fused-ring (bicyclic) bond motifs is 6. The number of aromatic nitrogens is 2. The molecule has 0 aliphatic carbocycles. The number of rotatable bonds is 8. The van der Waals surface area contributed by atoms with Gasteiger partial charge in [-0.2, -0.15) is 13.2 Å². The predicted octanol–water partition coefficient (Wildman–Crippen LogP) is 21.0. The SMILES string of the molecule is [C-]#[N+]c1cccc(-n2c3ccc(-c4ccc(C)cc4)cc3c3cc(-c4ccc(C)cc4)ccc32)c1-c1c(-c2c(C)cccc2C(F)(F)F)cccc1-n1c2ccc(-c3ccc(C)cc3)cc2c2cc(-c3ccc(C)cc3)ccc21. The van der Waals surface area contributed by atoms with Crippen molar-refractivity contribution in [3.63, 3.8) is 0 Å². The van der Waals surface area contributed by atoms with E-state index < -0.39 is 11.7 Å². The molecule has 0 radical (unpaired) electrons. The number of hydrogen-bond donors (Lipinski definition) is 0. The summed E-state index contributed by atoms with van der Waals surface area (Å²) in [7, 11) is 0. The minimum atomic E-state index is -4.69. The lowest BCUT2D eigenvalue weighted by Gasteiger charge is -2.25. The van der Waals surface area contributed by atoms with Crippen LogP contribution in [0.1, 0.15) is 33.4 Å². The third kappa shape index (κ3) is 8.47. The zero-order chi connectivity index (χ0) is 54.3. The van der Waals surface area contributed by atoms with E-state index in [1.807, 2.05) is 24.3 Å². The molecule has 79 heavy (non-hydrogen) atoms. The highest BCUT2D eigenvalue weighted by Crippen LogP contribution is 2.51. The van der Waals surface area contributed by atoms with Crippen molar-refractivity contribution in [1.29, 1.82) is 0 Å². The van der Waals surface area contributed by atoms with Gasteiger partial charge in [-0.25, -0.2) is 4.85 Å². The van der Waals surface area contributed by atoms with Crippen LogP contribution in [0.4, 0.5) is 18.9 Å². The largest absolute Gasteiger partial charge is 0.417 e. The van der Waals surface area contributed by atoms with Crippen LogP contribution in [-0.4, -0.2) is 9.13 Å². The van der Waals surface area contributed by atoms with Crippen LogP contribution in [0.3, 0.4) is 0 Å². The van der Waals surface area contributed by atoms with Crippen LogP contribution in [0.5, 0.6) is 0 Å². The lowest BCUT2D eigenvalue weighted by atomic mass is 9.86.